The number of likely N-dealkylation sites (N-methyl/N-ethyl adjacent to an activating group) is 1. The van der Waals surface area contributed by atoms with Crippen LogP contribution in [0.3, 0.4) is 0 Å². The molecular formula is C16H25FN6. The van der Waals surface area contributed by atoms with Crippen LogP contribution in [0.4, 0.5) is 4.39 Å². The summed E-state index contributed by atoms with van der Waals surface area (Å²) in [6, 6.07) is 0.262. The van der Waals surface area contributed by atoms with Gasteiger partial charge in [0, 0.05) is 70.0 Å². The fourth-order valence-corrected chi connectivity index (χ4v) is 3.25. The third-order valence-electron chi connectivity index (χ3n) is 4.44. The molecule has 0 unspecified atom stereocenters. The lowest BCUT2D eigenvalue weighted by Gasteiger charge is -2.28. The van der Waals surface area contributed by atoms with Crippen LogP contribution < -0.4 is 0 Å². The van der Waals surface area contributed by atoms with Gasteiger partial charge in [0.15, 0.2) is 0 Å². The van der Waals surface area contributed by atoms with Crippen molar-refractivity contribution < 1.29 is 4.39 Å². The minimum absolute atomic E-state index is 0.262. The normalized spacial score (nSPS) is 22.3. The Bertz CT molecular complexity index is 595. The Kier molecular flexibility index (Phi) is 5.07. The molecule has 0 N–H and O–H groups in total. The third-order valence-corrected chi connectivity index (χ3v) is 4.44. The number of alkyl halides is 1. The lowest BCUT2D eigenvalue weighted by molar-refractivity contribution is 0.181. The number of halogens is 1. The van der Waals surface area contributed by atoms with Gasteiger partial charge in [-0.1, -0.05) is 0 Å². The Labute approximate surface area is 136 Å². The van der Waals surface area contributed by atoms with Crippen LogP contribution in [0.5, 0.6) is 0 Å². The molecule has 6 nitrogen and oxygen atoms in total. The molecule has 0 saturated carbocycles. The maximum atomic E-state index is 13.9. The summed E-state index contributed by atoms with van der Waals surface area (Å²) >= 11 is 0. The highest BCUT2D eigenvalue weighted by Crippen LogP contribution is 2.23. The Morgan fingerprint density at radius 2 is 2.30 bits per heavy atom. The first-order chi connectivity index (χ1) is 11.1. The van der Waals surface area contributed by atoms with Crippen molar-refractivity contribution in [2.45, 2.75) is 31.7 Å². The number of aromatic nitrogens is 4. The van der Waals surface area contributed by atoms with E-state index in [1.54, 1.807) is 10.9 Å². The summed E-state index contributed by atoms with van der Waals surface area (Å²) in [6.07, 6.45) is 9.36. The molecule has 1 saturated heterocycles. The van der Waals surface area contributed by atoms with Gasteiger partial charge in [-0.15, -0.1) is 0 Å². The molecule has 0 spiro atoms. The van der Waals surface area contributed by atoms with E-state index in [9.17, 15) is 4.39 Å². The van der Waals surface area contributed by atoms with Gasteiger partial charge in [-0.25, -0.2) is 9.37 Å². The minimum Gasteiger partial charge on any atom is -0.336 e. The molecule has 0 aliphatic carbocycles. The standard InChI is InChI=1S/C16H25FN6/c1-20(5-6-22-4-3-18-13-22)12-16-7-15(17)11-23(16)10-14-8-19-21(2)9-14/h3-4,8-9,13,15-16H,5-7,10-12H2,1-2H3/t15-,16-/m0/s1. The van der Waals surface area contributed by atoms with Crippen molar-refractivity contribution in [2.24, 2.45) is 7.05 Å². The molecular weight excluding hydrogens is 295 g/mol. The third kappa shape index (κ3) is 4.39. The monoisotopic (exact) mass is 320 g/mol. The highest BCUT2D eigenvalue weighted by molar-refractivity contribution is 5.05. The quantitative estimate of drug-likeness (QED) is 0.768. The van der Waals surface area contributed by atoms with Gasteiger partial charge in [0.1, 0.15) is 6.17 Å². The molecule has 0 radical (unpaired) electrons. The Hall–Kier alpha value is -1.73. The molecule has 2 aromatic heterocycles. The summed E-state index contributed by atoms with van der Waals surface area (Å²) in [7, 11) is 4.01. The average molecular weight is 320 g/mol. The lowest BCUT2D eigenvalue weighted by atomic mass is 10.2. The van der Waals surface area contributed by atoms with Gasteiger partial charge in [0.05, 0.1) is 12.5 Å². The largest absolute Gasteiger partial charge is 0.336 e. The second kappa shape index (κ2) is 7.23. The van der Waals surface area contributed by atoms with Gasteiger partial charge in [-0.3, -0.25) is 9.58 Å². The summed E-state index contributed by atoms with van der Waals surface area (Å²) in [5.74, 6) is 0. The molecule has 0 aromatic carbocycles. The predicted octanol–water partition coefficient (Wildman–Crippen LogP) is 1.16. The van der Waals surface area contributed by atoms with E-state index < -0.39 is 6.17 Å². The molecule has 2 atom stereocenters. The van der Waals surface area contributed by atoms with E-state index in [0.717, 1.165) is 31.7 Å². The van der Waals surface area contributed by atoms with E-state index in [-0.39, 0.29) is 6.04 Å². The number of rotatable bonds is 7. The van der Waals surface area contributed by atoms with Gasteiger partial charge >= 0.3 is 0 Å². The SMILES string of the molecule is CN(CCn1ccnc1)C[C@@H]1C[C@H](F)CN1Cc1cnn(C)c1. The molecule has 23 heavy (non-hydrogen) atoms. The predicted molar refractivity (Wildman–Crippen MR) is 86.6 cm³/mol. The maximum absolute atomic E-state index is 13.9. The number of imidazole rings is 1. The van der Waals surface area contributed by atoms with Crippen LogP contribution >= 0.6 is 0 Å². The van der Waals surface area contributed by atoms with Gasteiger partial charge in [-0.05, 0) is 13.5 Å². The zero-order valence-electron chi connectivity index (χ0n) is 13.8. The first-order valence-corrected chi connectivity index (χ1v) is 8.10. The highest BCUT2D eigenvalue weighted by atomic mass is 19.1. The van der Waals surface area contributed by atoms with Crippen LogP contribution in [0.2, 0.25) is 0 Å². The van der Waals surface area contributed by atoms with Crippen LogP contribution in [0.25, 0.3) is 0 Å². The van der Waals surface area contributed by atoms with Gasteiger partial charge in [-0.2, -0.15) is 5.10 Å². The molecule has 0 amide bonds. The molecule has 0 bridgehead atoms. The Balaban J connectivity index is 1.52. The second-order valence-corrected chi connectivity index (χ2v) is 6.50. The lowest BCUT2D eigenvalue weighted by Crippen LogP contribution is -2.39. The topological polar surface area (TPSA) is 42.1 Å². The molecule has 3 heterocycles. The van der Waals surface area contributed by atoms with E-state index >= 15 is 0 Å². The number of hydrogen-bond acceptors (Lipinski definition) is 4. The van der Waals surface area contributed by atoms with Crippen molar-refractivity contribution in [3.8, 4) is 0 Å². The van der Waals surface area contributed by atoms with Gasteiger partial charge < -0.3 is 9.47 Å². The average Bonchev–Trinajstić information content (AvgIpc) is 3.21. The fourth-order valence-electron chi connectivity index (χ4n) is 3.25. The van der Waals surface area contributed by atoms with E-state index in [4.69, 9.17) is 0 Å². The van der Waals surface area contributed by atoms with Crippen molar-refractivity contribution >= 4 is 0 Å². The molecule has 1 aliphatic rings. The molecule has 7 heteroatoms. The molecule has 3 rings (SSSR count). The number of nitrogens with zero attached hydrogens (tertiary/aromatic N) is 6. The molecule has 1 fully saturated rings. The smallest absolute Gasteiger partial charge is 0.114 e. The summed E-state index contributed by atoms with van der Waals surface area (Å²) in [6.45, 7) is 4.02. The summed E-state index contributed by atoms with van der Waals surface area (Å²) in [5, 5.41) is 4.20. The maximum Gasteiger partial charge on any atom is 0.114 e. The number of hydrogen-bond donors (Lipinski definition) is 0. The molecule has 2 aromatic rings. The van der Waals surface area contributed by atoms with Gasteiger partial charge in [0.2, 0.25) is 0 Å². The van der Waals surface area contributed by atoms with Crippen molar-refractivity contribution in [1.82, 2.24) is 29.1 Å². The molecule has 1 aliphatic heterocycles. The zero-order valence-corrected chi connectivity index (χ0v) is 13.8. The minimum atomic E-state index is -0.723. The first-order valence-electron chi connectivity index (χ1n) is 8.10. The summed E-state index contributed by atoms with van der Waals surface area (Å²) in [5.41, 5.74) is 1.15. The van der Waals surface area contributed by atoms with Gasteiger partial charge in [0.25, 0.3) is 0 Å². The van der Waals surface area contributed by atoms with Crippen LogP contribution in [0.1, 0.15) is 12.0 Å². The van der Waals surface area contributed by atoms with Crippen molar-refractivity contribution in [3.63, 3.8) is 0 Å². The van der Waals surface area contributed by atoms with E-state index in [0.29, 0.717) is 13.0 Å². The summed E-state index contributed by atoms with van der Waals surface area (Å²) in [4.78, 5) is 8.58. The van der Waals surface area contributed by atoms with E-state index in [1.807, 2.05) is 32.0 Å². The highest BCUT2D eigenvalue weighted by Gasteiger charge is 2.32. The van der Waals surface area contributed by atoms with Crippen LogP contribution in [0, 0.1) is 0 Å². The Morgan fingerprint density at radius 1 is 1.43 bits per heavy atom. The number of aryl methyl sites for hydroxylation is 1. The van der Waals surface area contributed by atoms with E-state index in [2.05, 4.69) is 31.5 Å². The molecule has 126 valence electrons. The van der Waals surface area contributed by atoms with Crippen molar-refractivity contribution in [1.29, 1.82) is 0 Å². The van der Waals surface area contributed by atoms with Crippen LogP contribution in [-0.2, 0) is 20.1 Å². The van der Waals surface area contributed by atoms with Crippen LogP contribution in [-0.4, -0.2) is 68.0 Å². The first kappa shape index (κ1) is 16.1. The zero-order chi connectivity index (χ0) is 16.2. The van der Waals surface area contributed by atoms with Crippen molar-refractivity contribution in [3.05, 3.63) is 36.7 Å². The van der Waals surface area contributed by atoms with Crippen LogP contribution in [0.15, 0.2) is 31.1 Å². The number of likely N-dealkylation sites (tertiary alicyclic amines) is 1. The van der Waals surface area contributed by atoms with E-state index in [1.165, 1.54) is 0 Å². The second-order valence-electron chi connectivity index (χ2n) is 6.50. The Morgan fingerprint density at radius 3 is 3.00 bits per heavy atom. The fraction of sp³-hybridized carbons (Fsp3) is 0.625. The van der Waals surface area contributed by atoms with Crippen molar-refractivity contribution in [2.75, 3.05) is 26.7 Å². The summed E-state index contributed by atoms with van der Waals surface area (Å²) < 4.78 is 17.8.